The number of hydrogen-bond donors (Lipinski definition) is 1. The third-order valence-electron chi connectivity index (χ3n) is 2.66. The van der Waals surface area contributed by atoms with Crippen LogP contribution in [0, 0.1) is 0 Å². The van der Waals surface area contributed by atoms with E-state index >= 15 is 0 Å². The molecule has 0 radical (unpaired) electrons. The van der Waals surface area contributed by atoms with Crippen molar-refractivity contribution < 1.29 is 17.9 Å². The fraction of sp³-hybridized carbons (Fsp3) is 0.357. The topological polar surface area (TPSA) is 72.5 Å². The monoisotopic (exact) mass is 297 g/mol. The van der Waals surface area contributed by atoms with Gasteiger partial charge in [-0.2, -0.15) is 0 Å². The summed E-state index contributed by atoms with van der Waals surface area (Å²) in [6.07, 6.45) is 0.702. The van der Waals surface area contributed by atoms with Gasteiger partial charge in [0.15, 0.2) is 0 Å². The summed E-state index contributed by atoms with van der Waals surface area (Å²) in [5.74, 6) is -0.265. The van der Waals surface area contributed by atoms with E-state index in [1.165, 1.54) is 31.2 Å². The molecule has 0 aliphatic carbocycles. The van der Waals surface area contributed by atoms with Gasteiger partial charge in [0.1, 0.15) is 5.75 Å². The highest BCUT2D eigenvalue weighted by atomic mass is 32.2. The molecule has 0 aromatic heterocycles. The van der Waals surface area contributed by atoms with E-state index in [0.717, 1.165) is 0 Å². The summed E-state index contributed by atoms with van der Waals surface area (Å²) >= 11 is 0. The summed E-state index contributed by atoms with van der Waals surface area (Å²) < 4.78 is 31.6. The summed E-state index contributed by atoms with van der Waals surface area (Å²) in [6, 6.07) is 5.52. The first kappa shape index (κ1) is 16.4. The normalized spacial score (nSPS) is 12.8. The lowest BCUT2D eigenvalue weighted by molar-refractivity contribution is -0.130. The predicted octanol–water partition coefficient (Wildman–Crippen LogP) is 2.24. The van der Waals surface area contributed by atoms with Gasteiger partial charge in [-0.05, 0) is 44.5 Å². The van der Waals surface area contributed by atoms with Crippen LogP contribution >= 0.6 is 0 Å². The molecule has 1 N–H and O–H groups in total. The number of ether oxygens (including phenoxy) is 1. The van der Waals surface area contributed by atoms with Gasteiger partial charge < -0.3 is 4.74 Å². The third kappa shape index (κ3) is 4.47. The summed E-state index contributed by atoms with van der Waals surface area (Å²) in [5, 5.41) is 0. The standard InChI is InChI=1S/C14H19NO4S/c1-5-11(4)15-20(17,18)13-8-6-12(7-9-13)19-14(16)10(2)3/h6-9,11,15H,2,5H2,1,3-4H3. The van der Waals surface area contributed by atoms with Crippen LogP contribution in [0.5, 0.6) is 5.75 Å². The number of carbonyl (C=O) groups excluding carboxylic acids is 1. The van der Waals surface area contributed by atoms with E-state index in [4.69, 9.17) is 4.74 Å². The molecule has 0 fully saturated rings. The lowest BCUT2D eigenvalue weighted by Gasteiger charge is -2.12. The molecule has 6 heteroatoms. The van der Waals surface area contributed by atoms with Crippen LogP contribution in [0.3, 0.4) is 0 Å². The zero-order valence-corrected chi connectivity index (χ0v) is 12.7. The molecule has 1 atom stereocenters. The second kappa shape index (κ2) is 6.67. The summed E-state index contributed by atoms with van der Waals surface area (Å²) in [6.45, 7) is 8.70. The summed E-state index contributed by atoms with van der Waals surface area (Å²) in [4.78, 5) is 11.5. The molecule has 0 aliphatic rings. The summed E-state index contributed by atoms with van der Waals surface area (Å²) in [7, 11) is -3.54. The van der Waals surface area contributed by atoms with Crippen LogP contribution in [0.15, 0.2) is 41.3 Å². The average molecular weight is 297 g/mol. The van der Waals surface area contributed by atoms with Gasteiger partial charge in [0.05, 0.1) is 4.90 Å². The van der Waals surface area contributed by atoms with Gasteiger partial charge in [-0.25, -0.2) is 17.9 Å². The van der Waals surface area contributed by atoms with Gasteiger partial charge in [0, 0.05) is 11.6 Å². The van der Waals surface area contributed by atoms with E-state index in [-0.39, 0.29) is 22.3 Å². The lowest BCUT2D eigenvalue weighted by Crippen LogP contribution is -2.31. The maximum absolute atomic E-state index is 12.0. The molecule has 1 unspecified atom stereocenters. The van der Waals surface area contributed by atoms with Crippen LogP contribution in [0.25, 0.3) is 0 Å². The number of nitrogens with one attached hydrogen (secondary N) is 1. The smallest absolute Gasteiger partial charge is 0.338 e. The maximum Gasteiger partial charge on any atom is 0.338 e. The molecule has 110 valence electrons. The number of benzene rings is 1. The second-order valence-corrected chi connectivity index (χ2v) is 6.29. The number of esters is 1. The van der Waals surface area contributed by atoms with Crippen molar-refractivity contribution in [2.45, 2.75) is 38.1 Å². The van der Waals surface area contributed by atoms with Crippen LogP contribution in [-0.4, -0.2) is 20.4 Å². The lowest BCUT2D eigenvalue weighted by atomic mass is 10.3. The molecule has 20 heavy (non-hydrogen) atoms. The molecular formula is C14H19NO4S. The number of rotatable bonds is 6. The minimum atomic E-state index is -3.54. The minimum Gasteiger partial charge on any atom is -0.423 e. The predicted molar refractivity (Wildman–Crippen MR) is 77.0 cm³/mol. The quantitative estimate of drug-likeness (QED) is 0.496. The second-order valence-electron chi connectivity index (χ2n) is 4.57. The van der Waals surface area contributed by atoms with E-state index < -0.39 is 16.0 Å². The molecule has 0 saturated heterocycles. The highest BCUT2D eigenvalue weighted by Gasteiger charge is 2.16. The van der Waals surface area contributed by atoms with E-state index in [1.807, 2.05) is 6.92 Å². The Bertz CT molecular complexity index is 590. The van der Waals surface area contributed by atoms with Crippen LogP contribution < -0.4 is 9.46 Å². The summed E-state index contributed by atoms with van der Waals surface area (Å²) in [5.41, 5.74) is 0.278. The van der Waals surface area contributed by atoms with Gasteiger partial charge in [0.25, 0.3) is 0 Å². The Morgan fingerprint density at radius 3 is 2.35 bits per heavy atom. The van der Waals surface area contributed by atoms with Crippen molar-refractivity contribution in [1.82, 2.24) is 4.72 Å². The van der Waals surface area contributed by atoms with Crippen LogP contribution in [0.4, 0.5) is 0 Å². The van der Waals surface area contributed by atoms with Crippen LogP contribution in [0.1, 0.15) is 27.2 Å². The van der Waals surface area contributed by atoms with Gasteiger partial charge in [-0.1, -0.05) is 13.5 Å². The molecule has 0 saturated carbocycles. The van der Waals surface area contributed by atoms with Crippen molar-refractivity contribution in [2.75, 3.05) is 0 Å². The molecule has 5 nitrogen and oxygen atoms in total. The van der Waals surface area contributed by atoms with Gasteiger partial charge >= 0.3 is 5.97 Å². The van der Waals surface area contributed by atoms with Gasteiger partial charge in [-0.15, -0.1) is 0 Å². The first-order valence-electron chi connectivity index (χ1n) is 6.26. The molecule has 0 bridgehead atoms. The van der Waals surface area contributed by atoms with Crippen molar-refractivity contribution in [3.8, 4) is 5.75 Å². The van der Waals surface area contributed by atoms with Gasteiger partial charge in [0.2, 0.25) is 10.0 Å². The van der Waals surface area contributed by atoms with Crippen LogP contribution in [0.2, 0.25) is 0 Å². The molecule has 0 heterocycles. The number of sulfonamides is 1. The highest BCUT2D eigenvalue weighted by molar-refractivity contribution is 7.89. The SMILES string of the molecule is C=C(C)C(=O)Oc1ccc(S(=O)(=O)NC(C)CC)cc1. The fourth-order valence-corrected chi connectivity index (χ4v) is 2.62. The van der Waals surface area contributed by atoms with E-state index in [1.54, 1.807) is 6.92 Å². The molecule has 0 aliphatic heterocycles. The number of carbonyl (C=O) groups is 1. The molecule has 1 aromatic carbocycles. The highest BCUT2D eigenvalue weighted by Crippen LogP contribution is 2.17. The van der Waals surface area contributed by atoms with E-state index in [9.17, 15) is 13.2 Å². The first-order chi connectivity index (χ1) is 9.26. The largest absolute Gasteiger partial charge is 0.423 e. The Kier molecular flexibility index (Phi) is 5.47. The van der Waals surface area contributed by atoms with Crippen molar-refractivity contribution in [3.63, 3.8) is 0 Å². The Labute approximate surface area is 119 Å². The first-order valence-corrected chi connectivity index (χ1v) is 7.74. The molecule has 0 spiro atoms. The Morgan fingerprint density at radius 1 is 1.35 bits per heavy atom. The van der Waals surface area contributed by atoms with Gasteiger partial charge in [-0.3, -0.25) is 0 Å². The zero-order chi connectivity index (χ0) is 15.3. The van der Waals surface area contributed by atoms with Crippen molar-refractivity contribution >= 4 is 16.0 Å². The van der Waals surface area contributed by atoms with E-state index in [0.29, 0.717) is 6.42 Å². The minimum absolute atomic E-state index is 0.132. The fourth-order valence-electron chi connectivity index (χ4n) is 1.30. The number of hydrogen-bond acceptors (Lipinski definition) is 4. The molecule has 0 amide bonds. The molecular weight excluding hydrogens is 278 g/mol. The van der Waals surface area contributed by atoms with Crippen molar-refractivity contribution in [1.29, 1.82) is 0 Å². The van der Waals surface area contributed by atoms with E-state index in [2.05, 4.69) is 11.3 Å². The zero-order valence-electron chi connectivity index (χ0n) is 11.8. The van der Waals surface area contributed by atoms with Crippen molar-refractivity contribution in [3.05, 3.63) is 36.4 Å². The Hall–Kier alpha value is -1.66. The molecule has 1 aromatic rings. The van der Waals surface area contributed by atoms with Crippen molar-refractivity contribution in [2.24, 2.45) is 0 Å². The Balaban J connectivity index is 2.86. The average Bonchev–Trinajstić information content (AvgIpc) is 2.38. The third-order valence-corrected chi connectivity index (χ3v) is 4.27. The molecule has 1 rings (SSSR count). The maximum atomic E-state index is 12.0. The Morgan fingerprint density at radius 2 is 1.90 bits per heavy atom. The van der Waals surface area contributed by atoms with Crippen LogP contribution in [-0.2, 0) is 14.8 Å².